The van der Waals surface area contributed by atoms with E-state index in [-0.39, 0.29) is 21.7 Å². The zero-order valence-corrected chi connectivity index (χ0v) is 15.7. The highest BCUT2D eigenvalue weighted by Gasteiger charge is 2.22. The third-order valence-electron chi connectivity index (χ3n) is 3.48. The minimum atomic E-state index is -0.626. The van der Waals surface area contributed by atoms with E-state index in [9.17, 15) is 14.9 Å². The summed E-state index contributed by atoms with van der Waals surface area (Å²) in [5, 5.41) is 14.0. The van der Waals surface area contributed by atoms with Crippen molar-refractivity contribution in [1.29, 1.82) is 0 Å². The molecule has 0 bridgehead atoms. The summed E-state index contributed by atoms with van der Waals surface area (Å²) >= 11 is 9.20. The van der Waals surface area contributed by atoms with Crippen molar-refractivity contribution < 1.29 is 9.72 Å². The lowest BCUT2D eigenvalue weighted by atomic mass is 9.87. The number of nitro groups is 1. The summed E-state index contributed by atoms with van der Waals surface area (Å²) in [6.45, 7) is 6.26. The van der Waals surface area contributed by atoms with Crippen LogP contribution in [-0.4, -0.2) is 10.8 Å². The van der Waals surface area contributed by atoms with Crippen LogP contribution in [0.25, 0.3) is 0 Å². The number of anilines is 1. The SMILES string of the molecule is CC(C)(C)c1ccc(NC(=O)c2ccc(Cl)cc2[N+](=O)[O-])c(Br)c1. The highest BCUT2D eigenvalue weighted by molar-refractivity contribution is 9.10. The standard InChI is InChI=1S/C17H16BrClN2O3/c1-17(2,3)10-4-7-14(13(18)8-10)20-16(22)12-6-5-11(19)9-15(12)21(23)24/h4-9H,1-3H3,(H,20,22). The van der Waals surface area contributed by atoms with Crippen LogP contribution in [0.3, 0.4) is 0 Å². The normalized spacial score (nSPS) is 11.2. The molecule has 5 nitrogen and oxygen atoms in total. The molecule has 0 heterocycles. The second-order valence-corrected chi connectivity index (χ2v) is 7.61. The average Bonchev–Trinajstić information content (AvgIpc) is 2.47. The van der Waals surface area contributed by atoms with E-state index in [1.807, 2.05) is 12.1 Å². The fourth-order valence-electron chi connectivity index (χ4n) is 2.12. The van der Waals surface area contributed by atoms with Crippen LogP contribution in [0.15, 0.2) is 40.9 Å². The molecular weight excluding hydrogens is 396 g/mol. The summed E-state index contributed by atoms with van der Waals surface area (Å²) < 4.78 is 0.708. The molecule has 0 spiro atoms. The lowest BCUT2D eigenvalue weighted by molar-refractivity contribution is -0.385. The largest absolute Gasteiger partial charge is 0.321 e. The van der Waals surface area contributed by atoms with Gasteiger partial charge in [-0.15, -0.1) is 0 Å². The van der Waals surface area contributed by atoms with Gasteiger partial charge in [0.1, 0.15) is 5.56 Å². The number of hydrogen-bond acceptors (Lipinski definition) is 3. The molecule has 0 aliphatic rings. The van der Waals surface area contributed by atoms with Gasteiger partial charge in [-0.1, -0.05) is 38.4 Å². The van der Waals surface area contributed by atoms with E-state index in [0.717, 1.165) is 11.6 Å². The van der Waals surface area contributed by atoms with Gasteiger partial charge in [0.05, 0.1) is 10.6 Å². The first-order chi connectivity index (χ1) is 11.1. The smallest absolute Gasteiger partial charge is 0.283 e. The van der Waals surface area contributed by atoms with Gasteiger partial charge >= 0.3 is 0 Å². The Hall–Kier alpha value is -1.92. The number of nitro benzene ring substituents is 1. The quantitative estimate of drug-likeness (QED) is 0.531. The first-order valence-electron chi connectivity index (χ1n) is 7.15. The van der Waals surface area contributed by atoms with E-state index in [1.165, 1.54) is 12.1 Å². The molecule has 0 aliphatic heterocycles. The van der Waals surface area contributed by atoms with Crippen molar-refractivity contribution in [2.45, 2.75) is 26.2 Å². The van der Waals surface area contributed by atoms with Crippen LogP contribution in [0.5, 0.6) is 0 Å². The van der Waals surface area contributed by atoms with Crippen LogP contribution in [0, 0.1) is 10.1 Å². The van der Waals surface area contributed by atoms with Gasteiger partial charge in [0.15, 0.2) is 0 Å². The zero-order valence-electron chi connectivity index (χ0n) is 13.4. The number of carbonyl (C=O) groups excluding carboxylic acids is 1. The lowest BCUT2D eigenvalue weighted by Gasteiger charge is -2.20. The predicted molar refractivity (Wildman–Crippen MR) is 98.9 cm³/mol. The molecule has 7 heteroatoms. The molecular formula is C17H16BrClN2O3. The monoisotopic (exact) mass is 410 g/mol. The van der Waals surface area contributed by atoms with E-state index in [0.29, 0.717) is 10.2 Å². The van der Waals surface area contributed by atoms with Crippen LogP contribution in [0.4, 0.5) is 11.4 Å². The Labute approximate surface area is 153 Å². The average molecular weight is 412 g/mol. The summed E-state index contributed by atoms with van der Waals surface area (Å²) in [7, 11) is 0. The minimum Gasteiger partial charge on any atom is -0.321 e. The molecule has 0 saturated carbocycles. The molecule has 0 aromatic heterocycles. The van der Waals surface area contributed by atoms with Gasteiger partial charge in [-0.25, -0.2) is 0 Å². The maximum atomic E-state index is 12.4. The fourth-order valence-corrected chi connectivity index (χ4v) is 2.76. The molecule has 126 valence electrons. The lowest BCUT2D eigenvalue weighted by Crippen LogP contribution is -2.15. The molecule has 2 aromatic rings. The molecule has 2 rings (SSSR count). The van der Waals surface area contributed by atoms with Gasteiger partial charge in [0.2, 0.25) is 0 Å². The van der Waals surface area contributed by atoms with Crippen LogP contribution in [0.1, 0.15) is 36.7 Å². The van der Waals surface area contributed by atoms with Gasteiger partial charge in [-0.05, 0) is 51.2 Å². The van der Waals surface area contributed by atoms with E-state index in [2.05, 4.69) is 42.0 Å². The fraction of sp³-hybridized carbons (Fsp3) is 0.235. The Kier molecular flexibility index (Phi) is 5.30. The molecule has 1 N–H and O–H groups in total. The van der Waals surface area contributed by atoms with Crippen molar-refractivity contribution in [2.24, 2.45) is 0 Å². The maximum Gasteiger partial charge on any atom is 0.283 e. The van der Waals surface area contributed by atoms with Crippen molar-refractivity contribution in [3.05, 3.63) is 67.1 Å². The molecule has 0 saturated heterocycles. The van der Waals surface area contributed by atoms with Gasteiger partial charge in [-0.2, -0.15) is 0 Å². The second kappa shape index (κ2) is 6.91. The van der Waals surface area contributed by atoms with Crippen LogP contribution in [-0.2, 0) is 5.41 Å². The summed E-state index contributed by atoms with van der Waals surface area (Å²) in [6.07, 6.45) is 0. The molecule has 1 amide bonds. The van der Waals surface area contributed by atoms with Crippen molar-refractivity contribution in [3.8, 4) is 0 Å². The predicted octanol–water partition coefficient (Wildman–Crippen LogP) is 5.56. The first kappa shape index (κ1) is 18.4. The number of amides is 1. The van der Waals surface area contributed by atoms with Crippen molar-refractivity contribution in [2.75, 3.05) is 5.32 Å². The van der Waals surface area contributed by atoms with Gasteiger partial charge < -0.3 is 5.32 Å². The van der Waals surface area contributed by atoms with Gasteiger partial charge in [0.25, 0.3) is 11.6 Å². The van der Waals surface area contributed by atoms with E-state index < -0.39 is 10.8 Å². The maximum absolute atomic E-state index is 12.4. The van der Waals surface area contributed by atoms with Gasteiger partial charge in [0, 0.05) is 15.6 Å². The summed E-state index contributed by atoms with van der Waals surface area (Å²) in [4.78, 5) is 22.9. The van der Waals surface area contributed by atoms with E-state index in [4.69, 9.17) is 11.6 Å². The van der Waals surface area contributed by atoms with Gasteiger partial charge in [-0.3, -0.25) is 14.9 Å². The molecule has 2 aromatic carbocycles. The molecule has 0 unspecified atom stereocenters. The van der Waals surface area contributed by atoms with Crippen molar-refractivity contribution in [1.82, 2.24) is 0 Å². The first-order valence-corrected chi connectivity index (χ1v) is 8.32. The third kappa shape index (κ3) is 4.13. The summed E-state index contributed by atoms with van der Waals surface area (Å²) in [6, 6.07) is 9.55. The number of rotatable bonds is 3. The van der Waals surface area contributed by atoms with Crippen LogP contribution in [0.2, 0.25) is 5.02 Å². The Balaban J connectivity index is 2.33. The highest BCUT2D eigenvalue weighted by atomic mass is 79.9. The number of halogens is 2. The number of hydrogen-bond donors (Lipinski definition) is 1. The highest BCUT2D eigenvalue weighted by Crippen LogP contribution is 2.31. The number of carbonyl (C=O) groups is 1. The second-order valence-electron chi connectivity index (χ2n) is 6.32. The zero-order chi connectivity index (χ0) is 18.1. The Bertz CT molecular complexity index is 816. The molecule has 0 atom stereocenters. The topological polar surface area (TPSA) is 72.2 Å². The number of nitrogens with one attached hydrogen (secondary N) is 1. The third-order valence-corrected chi connectivity index (χ3v) is 4.38. The van der Waals surface area contributed by atoms with E-state index in [1.54, 1.807) is 6.07 Å². The van der Waals surface area contributed by atoms with E-state index >= 15 is 0 Å². The van der Waals surface area contributed by atoms with Crippen molar-refractivity contribution in [3.63, 3.8) is 0 Å². The Morgan fingerprint density at radius 3 is 2.42 bits per heavy atom. The van der Waals surface area contributed by atoms with Crippen LogP contribution >= 0.6 is 27.5 Å². The van der Waals surface area contributed by atoms with Crippen LogP contribution < -0.4 is 5.32 Å². The minimum absolute atomic E-state index is 0.0278. The summed E-state index contributed by atoms with van der Waals surface area (Å²) in [5.74, 6) is -0.567. The molecule has 0 aliphatic carbocycles. The number of benzene rings is 2. The molecule has 0 radical (unpaired) electrons. The molecule has 0 fully saturated rings. The molecule has 24 heavy (non-hydrogen) atoms. The number of nitrogens with zero attached hydrogens (tertiary/aromatic N) is 1. The van der Waals surface area contributed by atoms with Crippen molar-refractivity contribution >= 4 is 44.8 Å². The Morgan fingerprint density at radius 2 is 1.88 bits per heavy atom. The summed E-state index contributed by atoms with van der Waals surface area (Å²) in [5.41, 5.74) is 1.24. The Morgan fingerprint density at radius 1 is 1.21 bits per heavy atom.